The van der Waals surface area contributed by atoms with E-state index in [0.29, 0.717) is 17.4 Å². The molecule has 1 saturated heterocycles. The van der Waals surface area contributed by atoms with Crippen LogP contribution >= 0.6 is 0 Å². The van der Waals surface area contributed by atoms with E-state index in [2.05, 4.69) is 13.8 Å². The SMILES string of the molecule is CB1OC/C(=C2/CCC3C4CCC5CC(O)CCC5(C)C4CCC23C)O1. The van der Waals surface area contributed by atoms with Crippen LogP contribution in [0, 0.1) is 34.5 Å². The predicted molar refractivity (Wildman–Crippen MR) is 103 cm³/mol. The first-order valence-corrected chi connectivity index (χ1v) is 11.1. The number of fused-ring (bicyclic) bond motifs is 5. The fourth-order valence-electron chi connectivity index (χ4n) is 8.13. The molecule has 1 aliphatic heterocycles. The summed E-state index contributed by atoms with van der Waals surface area (Å²) in [6, 6.07) is 0. The van der Waals surface area contributed by atoms with Gasteiger partial charge in [-0.2, -0.15) is 0 Å². The summed E-state index contributed by atoms with van der Waals surface area (Å²) in [7, 11) is -0.0699. The zero-order valence-electron chi connectivity index (χ0n) is 16.8. The molecule has 4 heteroatoms. The normalized spacial score (nSPS) is 53.7. The molecular formula is C22H35BO3. The van der Waals surface area contributed by atoms with Crippen LogP contribution in [0.1, 0.15) is 71.6 Å². The Balaban J connectivity index is 1.43. The summed E-state index contributed by atoms with van der Waals surface area (Å²) >= 11 is 0. The van der Waals surface area contributed by atoms with Crippen molar-refractivity contribution in [2.45, 2.75) is 84.6 Å². The Kier molecular flexibility index (Phi) is 4.07. The van der Waals surface area contributed by atoms with Crippen molar-refractivity contribution in [3.8, 4) is 0 Å². The van der Waals surface area contributed by atoms with Gasteiger partial charge in [-0.25, -0.2) is 0 Å². The first kappa shape index (κ1) is 17.6. The van der Waals surface area contributed by atoms with Crippen LogP contribution in [0.5, 0.6) is 0 Å². The minimum Gasteiger partial charge on any atom is -0.538 e. The van der Waals surface area contributed by atoms with Crippen molar-refractivity contribution < 1.29 is 14.4 Å². The van der Waals surface area contributed by atoms with Crippen molar-refractivity contribution in [1.82, 2.24) is 0 Å². The van der Waals surface area contributed by atoms with E-state index >= 15 is 0 Å². The molecule has 1 heterocycles. The van der Waals surface area contributed by atoms with E-state index < -0.39 is 0 Å². The van der Waals surface area contributed by atoms with Crippen LogP contribution in [0.4, 0.5) is 0 Å². The molecule has 3 nitrogen and oxygen atoms in total. The van der Waals surface area contributed by atoms with Gasteiger partial charge >= 0.3 is 7.12 Å². The van der Waals surface area contributed by atoms with E-state index in [1.165, 1.54) is 50.7 Å². The molecule has 5 rings (SSSR count). The van der Waals surface area contributed by atoms with Crippen LogP contribution in [0.2, 0.25) is 6.82 Å². The topological polar surface area (TPSA) is 38.7 Å². The molecular weight excluding hydrogens is 323 g/mol. The fraction of sp³-hybridized carbons (Fsp3) is 0.909. The van der Waals surface area contributed by atoms with Crippen molar-refractivity contribution in [2.75, 3.05) is 6.61 Å². The monoisotopic (exact) mass is 358 g/mol. The Morgan fingerprint density at radius 1 is 1.04 bits per heavy atom. The highest BCUT2D eigenvalue weighted by Gasteiger charge is 2.59. The minimum atomic E-state index is -0.0699. The molecule has 5 fully saturated rings. The second-order valence-electron chi connectivity index (χ2n) is 10.5. The van der Waals surface area contributed by atoms with E-state index in [1.54, 1.807) is 5.57 Å². The third-order valence-corrected chi connectivity index (χ3v) is 9.52. The molecule has 0 spiro atoms. The molecule has 26 heavy (non-hydrogen) atoms. The second kappa shape index (κ2) is 6.01. The maximum Gasteiger partial charge on any atom is 0.522 e. The lowest BCUT2D eigenvalue weighted by Crippen LogP contribution is -2.53. The quantitative estimate of drug-likeness (QED) is 0.632. The van der Waals surface area contributed by atoms with Crippen molar-refractivity contribution in [3.63, 3.8) is 0 Å². The van der Waals surface area contributed by atoms with E-state index in [1.807, 2.05) is 6.82 Å². The number of allylic oxidation sites excluding steroid dienone is 1. The summed E-state index contributed by atoms with van der Waals surface area (Å²) in [4.78, 5) is 0. The van der Waals surface area contributed by atoms with Crippen LogP contribution in [-0.4, -0.2) is 24.9 Å². The molecule has 0 aromatic rings. The van der Waals surface area contributed by atoms with Crippen molar-refractivity contribution in [2.24, 2.45) is 34.5 Å². The lowest BCUT2D eigenvalue weighted by Gasteiger charge is -2.60. The van der Waals surface area contributed by atoms with Crippen LogP contribution in [0.3, 0.4) is 0 Å². The molecule has 0 aromatic carbocycles. The molecule has 7 unspecified atom stereocenters. The van der Waals surface area contributed by atoms with E-state index in [-0.39, 0.29) is 13.2 Å². The Morgan fingerprint density at radius 2 is 1.88 bits per heavy atom. The van der Waals surface area contributed by atoms with Gasteiger partial charge in [0.2, 0.25) is 0 Å². The Labute approximate surface area is 159 Å². The molecule has 4 aliphatic carbocycles. The van der Waals surface area contributed by atoms with Gasteiger partial charge in [0.15, 0.2) is 0 Å². The number of aliphatic hydroxyl groups is 1. The lowest BCUT2D eigenvalue weighted by atomic mass is 9.45. The third kappa shape index (κ3) is 2.40. The molecule has 0 amide bonds. The highest BCUT2D eigenvalue weighted by Crippen LogP contribution is 2.67. The van der Waals surface area contributed by atoms with E-state index in [0.717, 1.165) is 36.5 Å². The number of rotatable bonds is 0. The summed E-state index contributed by atoms with van der Waals surface area (Å²) < 4.78 is 11.7. The maximum absolute atomic E-state index is 10.2. The van der Waals surface area contributed by atoms with Gasteiger partial charge in [-0.15, -0.1) is 0 Å². The van der Waals surface area contributed by atoms with Gasteiger partial charge in [0.1, 0.15) is 5.76 Å². The Morgan fingerprint density at radius 3 is 2.65 bits per heavy atom. The van der Waals surface area contributed by atoms with Crippen LogP contribution in [0.15, 0.2) is 11.3 Å². The van der Waals surface area contributed by atoms with Crippen molar-refractivity contribution >= 4 is 7.12 Å². The van der Waals surface area contributed by atoms with Gasteiger partial charge in [0.25, 0.3) is 0 Å². The standard InChI is InChI=1S/C22H35BO3/c1-21-10-8-15(24)12-14(21)4-5-16-17-6-7-19(20-13-25-23(3)26-20)22(17,2)11-9-18(16)21/h14-18,24H,4-13H2,1-3H3/b20-19+. The zero-order chi connectivity index (χ0) is 18.1. The summed E-state index contributed by atoms with van der Waals surface area (Å²) in [5.41, 5.74) is 2.40. The summed E-state index contributed by atoms with van der Waals surface area (Å²) in [6.07, 6.45) is 11.3. The van der Waals surface area contributed by atoms with E-state index in [9.17, 15) is 5.11 Å². The molecule has 0 radical (unpaired) electrons. The molecule has 1 N–H and O–H groups in total. The molecule has 0 aromatic heterocycles. The highest BCUT2D eigenvalue weighted by atomic mass is 16.6. The van der Waals surface area contributed by atoms with Gasteiger partial charge in [-0.3, -0.25) is 0 Å². The number of aliphatic hydroxyl groups excluding tert-OH is 1. The average Bonchev–Trinajstić information content (AvgIpc) is 3.18. The Bertz CT molecular complexity index is 619. The molecule has 0 bridgehead atoms. The van der Waals surface area contributed by atoms with Crippen molar-refractivity contribution in [3.05, 3.63) is 11.3 Å². The van der Waals surface area contributed by atoms with Crippen LogP contribution < -0.4 is 0 Å². The molecule has 4 saturated carbocycles. The highest BCUT2D eigenvalue weighted by molar-refractivity contribution is 6.43. The van der Waals surface area contributed by atoms with Crippen LogP contribution in [0.25, 0.3) is 0 Å². The van der Waals surface area contributed by atoms with Gasteiger partial charge in [0, 0.05) is 0 Å². The number of hydrogen-bond donors (Lipinski definition) is 1. The van der Waals surface area contributed by atoms with Gasteiger partial charge in [-0.1, -0.05) is 13.8 Å². The fourth-order valence-corrected chi connectivity index (χ4v) is 8.13. The van der Waals surface area contributed by atoms with Gasteiger partial charge in [-0.05, 0) is 105 Å². The smallest absolute Gasteiger partial charge is 0.522 e. The Hall–Kier alpha value is -0.475. The molecule has 5 aliphatic rings. The maximum atomic E-state index is 10.2. The largest absolute Gasteiger partial charge is 0.538 e. The second-order valence-corrected chi connectivity index (χ2v) is 10.5. The van der Waals surface area contributed by atoms with Crippen molar-refractivity contribution in [1.29, 1.82) is 0 Å². The van der Waals surface area contributed by atoms with Gasteiger partial charge in [0.05, 0.1) is 12.7 Å². The number of hydrogen-bond acceptors (Lipinski definition) is 3. The lowest BCUT2D eigenvalue weighted by molar-refractivity contribution is -0.116. The summed E-state index contributed by atoms with van der Waals surface area (Å²) in [5.74, 6) is 4.50. The van der Waals surface area contributed by atoms with Gasteiger partial charge < -0.3 is 14.4 Å². The minimum absolute atomic E-state index is 0.0391. The first-order valence-electron chi connectivity index (χ1n) is 11.1. The van der Waals surface area contributed by atoms with E-state index in [4.69, 9.17) is 9.31 Å². The molecule has 7 atom stereocenters. The average molecular weight is 358 g/mol. The predicted octanol–water partition coefficient (Wildman–Crippen LogP) is 4.81. The van der Waals surface area contributed by atoms with Crippen LogP contribution in [-0.2, 0) is 9.31 Å². The zero-order valence-corrected chi connectivity index (χ0v) is 16.8. The first-order chi connectivity index (χ1) is 12.4. The summed E-state index contributed by atoms with van der Waals surface area (Å²) in [5, 5.41) is 10.2. The molecule has 144 valence electrons. The third-order valence-electron chi connectivity index (χ3n) is 9.52. The summed E-state index contributed by atoms with van der Waals surface area (Å²) in [6.45, 7) is 7.81.